The third-order valence-corrected chi connectivity index (χ3v) is 2.48. The Bertz CT molecular complexity index is 28.7. The third kappa shape index (κ3) is 3.04. The first kappa shape index (κ1) is 6.83. The van der Waals surface area contributed by atoms with Gasteiger partial charge in [0.05, 0.1) is 0 Å². The minimum atomic E-state index is 0.546. The minimum Gasteiger partial charge on any atom is -0.259 e. The van der Waals surface area contributed by atoms with Crippen molar-refractivity contribution in [2.45, 2.75) is 6.82 Å². The van der Waals surface area contributed by atoms with Gasteiger partial charge in [-0.25, -0.2) is 11.6 Å². The molecule has 0 spiro atoms. The summed E-state index contributed by atoms with van der Waals surface area (Å²) in [6, 6.07) is 0. The molecule has 0 aliphatic rings. The van der Waals surface area contributed by atoms with Crippen molar-refractivity contribution in [2.75, 3.05) is 6.26 Å². The highest BCUT2D eigenvalue weighted by atomic mass is 32.2. The maximum absolute atomic E-state index is 5.18. The molecule has 0 heterocycles. The van der Waals surface area contributed by atoms with E-state index in [0.29, 0.717) is 5.27 Å². The molecule has 0 aromatic heterocycles. The van der Waals surface area contributed by atoms with Crippen LogP contribution in [0.15, 0.2) is 0 Å². The minimum absolute atomic E-state index is 0.546. The van der Waals surface area contributed by atoms with Gasteiger partial charge in [0, 0.05) is 0 Å². The van der Waals surface area contributed by atoms with Crippen LogP contribution < -0.4 is 0 Å². The van der Waals surface area contributed by atoms with Gasteiger partial charge in [0.1, 0.15) is 7.12 Å². The van der Waals surface area contributed by atoms with Crippen molar-refractivity contribution in [3.8, 4) is 0 Å². The predicted molar refractivity (Wildman–Crippen MR) is 38.5 cm³/mol. The Balaban J connectivity index is 2.75. The lowest BCUT2D eigenvalue weighted by Gasteiger charge is -1.94. The molecule has 0 aromatic rings. The second-order valence-electron chi connectivity index (χ2n) is 0.939. The van der Waals surface area contributed by atoms with E-state index in [0.717, 1.165) is 0 Å². The molecule has 2 radical (unpaired) electrons. The maximum atomic E-state index is 5.18. The topological polar surface area (TPSA) is 0 Å². The fourth-order valence-corrected chi connectivity index (χ4v) is 0.500. The molecule has 0 saturated heterocycles. The third-order valence-electron chi connectivity index (χ3n) is 0.524. The Labute approximate surface area is 49.0 Å². The molecule has 0 bridgehead atoms. The molecule has 0 amide bonds. The van der Waals surface area contributed by atoms with E-state index in [1.165, 1.54) is 11.5 Å². The van der Waals surface area contributed by atoms with Crippen LogP contribution in [0.5, 0.6) is 0 Å². The summed E-state index contributed by atoms with van der Waals surface area (Å²) < 4.78 is 0. The molecule has 0 rings (SSSR count). The Hall–Kier alpha value is 0.830. The summed E-state index contributed by atoms with van der Waals surface area (Å²) in [7, 11) is 5.18. The molecule has 0 saturated carbocycles. The maximum Gasteiger partial charge on any atom is 0.258 e. The zero-order chi connectivity index (χ0) is 4.99. The van der Waals surface area contributed by atoms with Gasteiger partial charge in [-0.15, -0.1) is 0 Å². The van der Waals surface area contributed by atoms with Gasteiger partial charge >= 0.3 is 0 Å². The van der Waals surface area contributed by atoms with Gasteiger partial charge in [-0.3, -0.25) is 11.5 Å². The summed E-state index contributed by atoms with van der Waals surface area (Å²) in [5.41, 5.74) is 0. The second-order valence-corrected chi connectivity index (χ2v) is 3.40. The highest BCUT2D eigenvalue weighted by Gasteiger charge is 1.96. The predicted octanol–water partition coefficient (Wildman–Crippen LogP) is 1.28. The Kier molecular flexibility index (Phi) is 4.55. The van der Waals surface area contributed by atoms with Crippen molar-refractivity contribution in [3.63, 3.8) is 0 Å². The molecule has 6 heavy (non-hydrogen) atoms. The van der Waals surface area contributed by atoms with Crippen LogP contribution in [0.25, 0.3) is 0 Å². The van der Waals surface area contributed by atoms with E-state index in [4.69, 9.17) is 7.12 Å². The normalized spacial score (nSPS) is 8.33. The lowest BCUT2D eigenvalue weighted by atomic mass is 10.2. The molecule has 4 heteroatoms. The Morgan fingerprint density at radius 3 is 2.17 bits per heavy atom. The van der Waals surface area contributed by atoms with Gasteiger partial charge < -0.3 is 0 Å². The fourth-order valence-electron chi connectivity index (χ4n) is 0.0556. The lowest BCUT2D eigenvalue weighted by molar-refractivity contribution is 2.34. The molecule has 0 nitrogen and oxygen atoms in total. The van der Waals surface area contributed by atoms with Crippen LogP contribution in [0.3, 0.4) is 0 Å². The molecule has 0 unspecified atom stereocenters. The molecular weight excluding hydrogens is 110 g/mol. The standard InChI is InChI=1S/C2H6B2S2/c1-4(5-2)6-3/h1-2H3. The zero-order valence-electron chi connectivity index (χ0n) is 3.97. The quantitative estimate of drug-likeness (QED) is 0.498. The van der Waals surface area contributed by atoms with Gasteiger partial charge in [-0.1, -0.05) is 6.82 Å². The van der Waals surface area contributed by atoms with E-state index >= 15 is 0 Å². The van der Waals surface area contributed by atoms with Crippen LogP contribution in [-0.2, 0) is 0 Å². The van der Waals surface area contributed by atoms with Crippen LogP contribution in [0, 0.1) is 0 Å². The molecule has 0 fully saturated rings. The van der Waals surface area contributed by atoms with Gasteiger partial charge in [-0.05, 0) is 6.26 Å². The zero-order valence-corrected chi connectivity index (χ0v) is 5.60. The van der Waals surface area contributed by atoms with Crippen molar-refractivity contribution in [1.82, 2.24) is 0 Å². The number of hydrogen-bond acceptors (Lipinski definition) is 2. The van der Waals surface area contributed by atoms with Crippen molar-refractivity contribution in [1.29, 1.82) is 0 Å². The van der Waals surface area contributed by atoms with E-state index in [1.807, 2.05) is 6.26 Å². The second kappa shape index (κ2) is 4.00. The van der Waals surface area contributed by atoms with Gasteiger partial charge in [-0.2, -0.15) is 0 Å². The highest BCUT2D eigenvalue weighted by Crippen LogP contribution is 2.10. The Morgan fingerprint density at radius 2 is 2.17 bits per heavy atom. The largest absolute Gasteiger partial charge is 0.259 e. The smallest absolute Gasteiger partial charge is 0.258 e. The average molecular weight is 116 g/mol. The van der Waals surface area contributed by atoms with Crippen molar-refractivity contribution in [2.24, 2.45) is 0 Å². The summed E-state index contributed by atoms with van der Waals surface area (Å²) >= 11 is 3.15. The van der Waals surface area contributed by atoms with E-state index in [1.54, 1.807) is 11.6 Å². The summed E-state index contributed by atoms with van der Waals surface area (Å²) in [6.07, 6.45) is 2.05. The van der Waals surface area contributed by atoms with E-state index in [9.17, 15) is 0 Å². The van der Waals surface area contributed by atoms with Gasteiger partial charge in [0.2, 0.25) is 0 Å². The summed E-state index contributed by atoms with van der Waals surface area (Å²) in [4.78, 5) is 0. The van der Waals surface area contributed by atoms with Gasteiger partial charge in [0.15, 0.2) is 0 Å². The van der Waals surface area contributed by atoms with E-state index in [2.05, 4.69) is 6.82 Å². The number of rotatable bonds is 2. The monoisotopic (exact) mass is 116 g/mol. The average Bonchev–Trinajstić information content (AvgIpc) is 1.65. The van der Waals surface area contributed by atoms with E-state index in [-0.39, 0.29) is 0 Å². The van der Waals surface area contributed by atoms with Crippen LogP contribution in [0.2, 0.25) is 6.82 Å². The van der Waals surface area contributed by atoms with Crippen molar-refractivity contribution in [3.05, 3.63) is 0 Å². The molecule has 32 valence electrons. The molecular formula is C2H6B2S2. The van der Waals surface area contributed by atoms with E-state index < -0.39 is 0 Å². The van der Waals surface area contributed by atoms with Crippen molar-refractivity contribution < 1.29 is 0 Å². The molecule has 0 aromatic carbocycles. The first-order chi connectivity index (χ1) is 2.81. The fraction of sp³-hybridized carbons (Fsp3) is 1.00. The Morgan fingerprint density at radius 1 is 1.67 bits per heavy atom. The summed E-state index contributed by atoms with van der Waals surface area (Å²) in [5.74, 6) is 0. The summed E-state index contributed by atoms with van der Waals surface area (Å²) in [5, 5.41) is 0.546. The van der Waals surface area contributed by atoms with Gasteiger partial charge in [0.25, 0.3) is 5.27 Å². The summed E-state index contributed by atoms with van der Waals surface area (Å²) in [6.45, 7) is 2.08. The molecule has 0 aliphatic carbocycles. The highest BCUT2D eigenvalue weighted by molar-refractivity contribution is 8.61. The molecule has 0 N–H and O–H groups in total. The first-order valence-corrected chi connectivity index (χ1v) is 3.92. The lowest BCUT2D eigenvalue weighted by Crippen LogP contribution is -1.90. The van der Waals surface area contributed by atoms with Crippen LogP contribution >= 0.6 is 23.1 Å². The SMILES string of the molecule is [B]SB(C)SC. The van der Waals surface area contributed by atoms with Crippen LogP contribution in [0.4, 0.5) is 0 Å². The molecule has 0 atom stereocenters. The van der Waals surface area contributed by atoms with Crippen LogP contribution in [-0.4, -0.2) is 18.7 Å². The molecule has 0 aliphatic heterocycles. The van der Waals surface area contributed by atoms with Crippen molar-refractivity contribution >= 4 is 35.5 Å². The number of hydrogen-bond donors (Lipinski definition) is 0. The first-order valence-electron chi connectivity index (χ1n) is 1.69. The van der Waals surface area contributed by atoms with Crippen LogP contribution in [0.1, 0.15) is 0 Å².